The Morgan fingerprint density at radius 1 is 1.28 bits per heavy atom. The molecule has 0 aliphatic heterocycles. The van der Waals surface area contributed by atoms with Gasteiger partial charge in [-0.2, -0.15) is 0 Å². The van der Waals surface area contributed by atoms with E-state index in [-0.39, 0.29) is 16.9 Å². The quantitative estimate of drug-likeness (QED) is 0.309. The maximum Gasteiger partial charge on any atom is 0.333 e. The third-order valence-electron chi connectivity index (χ3n) is 4.38. The van der Waals surface area contributed by atoms with E-state index in [0.717, 1.165) is 4.47 Å². The Morgan fingerprint density at radius 2 is 1.88 bits per heavy atom. The van der Waals surface area contributed by atoms with Crippen molar-refractivity contribution in [1.29, 1.82) is 0 Å². The third kappa shape index (κ3) is 5.53. The molecule has 1 aromatic rings. The van der Waals surface area contributed by atoms with Gasteiger partial charge in [0.25, 0.3) is 0 Å². The number of rotatable bonds is 8. The van der Waals surface area contributed by atoms with Gasteiger partial charge in [0.15, 0.2) is 0 Å². The number of carbonyl (C=O) groups is 2. The van der Waals surface area contributed by atoms with E-state index in [2.05, 4.69) is 31.9 Å². The SMILES string of the molecule is CC([C@@H](C)Br)N(C=O)C(=O)N(c1ccc(Br)cc1)C(C)OCC1CC1. The molecule has 0 saturated heterocycles. The fourth-order valence-corrected chi connectivity index (χ4v) is 2.89. The van der Waals surface area contributed by atoms with Crippen LogP contribution in [0.25, 0.3) is 0 Å². The van der Waals surface area contributed by atoms with E-state index < -0.39 is 6.23 Å². The van der Waals surface area contributed by atoms with Gasteiger partial charge in [-0.1, -0.05) is 38.8 Å². The molecule has 1 aliphatic rings. The van der Waals surface area contributed by atoms with Crippen molar-refractivity contribution in [3.63, 3.8) is 0 Å². The van der Waals surface area contributed by atoms with Crippen molar-refractivity contribution in [2.45, 2.75) is 50.7 Å². The predicted molar refractivity (Wildman–Crippen MR) is 106 cm³/mol. The number of alkyl halides is 1. The van der Waals surface area contributed by atoms with Crippen molar-refractivity contribution in [3.8, 4) is 0 Å². The molecule has 3 atom stereocenters. The first-order valence-corrected chi connectivity index (χ1v) is 10.1. The maximum absolute atomic E-state index is 13.1. The third-order valence-corrected chi connectivity index (χ3v) is 5.68. The highest BCUT2D eigenvalue weighted by Crippen LogP contribution is 2.30. The summed E-state index contributed by atoms with van der Waals surface area (Å²) in [6.45, 7) is 6.22. The van der Waals surface area contributed by atoms with Gasteiger partial charge in [-0.05, 0) is 56.9 Å². The number of imide groups is 1. The van der Waals surface area contributed by atoms with Gasteiger partial charge >= 0.3 is 6.03 Å². The molecule has 7 heteroatoms. The number of amides is 3. The summed E-state index contributed by atoms with van der Waals surface area (Å²) in [6, 6.07) is 6.74. The average molecular weight is 476 g/mol. The molecule has 0 aromatic heterocycles. The van der Waals surface area contributed by atoms with Crippen LogP contribution in [0.5, 0.6) is 0 Å². The van der Waals surface area contributed by atoms with Crippen molar-refractivity contribution in [3.05, 3.63) is 28.7 Å². The number of anilines is 1. The molecule has 2 unspecified atom stereocenters. The molecule has 0 spiro atoms. The van der Waals surface area contributed by atoms with Crippen LogP contribution in [0.15, 0.2) is 28.7 Å². The van der Waals surface area contributed by atoms with Crippen molar-refractivity contribution < 1.29 is 14.3 Å². The fraction of sp³-hybridized carbons (Fsp3) is 0.556. The Kier molecular flexibility index (Phi) is 7.46. The highest BCUT2D eigenvalue weighted by molar-refractivity contribution is 9.10. The number of carbonyl (C=O) groups excluding carboxylic acids is 2. The van der Waals surface area contributed by atoms with Crippen LogP contribution in [0, 0.1) is 5.92 Å². The first-order chi connectivity index (χ1) is 11.8. The molecule has 138 valence electrons. The molecule has 1 saturated carbocycles. The van der Waals surface area contributed by atoms with Crippen molar-refractivity contribution >= 4 is 50.0 Å². The zero-order valence-electron chi connectivity index (χ0n) is 14.7. The van der Waals surface area contributed by atoms with Gasteiger partial charge in [0.2, 0.25) is 6.41 Å². The van der Waals surface area contributed by atoms with E-state index in [4.69, 9.17) is 4.74 Å². The molecule has 1 aliphatic carbocycles. The van der Waals surface area contributed by atoms with Crippen LogP contribution in [0.1, 0.15) is 33.6 Å². The number of nitrogens with zero attached hydrogens (tertiary/aromatic N) is 2. The maximum atomic E-state index is 13.1. The second kappa shape index (κ2) is 9.14. The topological polar surface area (TPSA) is 49.9 Å². The number of urea groups is 1. The van der Waals surface area contributed by atoms with Gasteiger partial charge in [-0.3, -0.25) is 14.6 Å². The molecule has 0 heterocycles. The molecule has 3 amide bonds. The largest absolute Gasteiger partial charge is 0.358 e. The van der Waals surface area contributed by atoms with E-state index in [9.17, 15) is 9.59 Å². The number of hydrogen-bond donors (Lipinski definition) is 0. The Bertz CT molecular complexity index is 590. The van der Waals surface area contributed by atoms with Crippen LogP contribution in [0.2, 0.25) is 0 Å². The van der Waals surface area contributed by atoms with Gasteiger partial charge in [-0.25, -0.2) is 4.79 Å². The number of ether oxygens (including phenoxy) is 1. The monoisotopic (exact) mass is 474 g/mol. The predicted octanol–water partition coefficient (Wildman–Crippen LogP) is 4.78. The lowest BCUT2D eigenvalue weighted by atomic mass is 10.2. The summed E-state index contributed by atoms with van der Waals surface area (Å²) >= 11 is 6.85. The van der Waals surface area contributed by atoms with Gasteiger partial charge < -0.3 is 4.74 Å². The highest BCUT2D eigenvalue weighted by Gasteiger charge is 2.32. The zero-order chi connectivity index (χ0) is 18.6. The summed E-state index contributed by atoms with van der Waals surface area (Å²) in [6.07, 6.45) is 2.48. The Balaban J connectivity index is 2.26. The summed E-state index contributed by atoms with van der Waals surface area (Å²) in [5.41, 5.74) is 0.692. The van der Waals surface area contributed by atoms with E-state index in [1.807, 2.05) is 45.0 Å². The lowest BCUT2D eigenvalue weighted by molar-refractivity contribution is -0.116. The summed E-state index contributed by atoms with van der Waals surface area (Å²) in [4.78, 5) is 27.4. The number of hydrogen-bond acceptors (Lipinski definition) is 3. The second-order valence-electron chi connectivity index (χ2n) is 6.44. The van der Waals surface area contributed by atoms with Gasteiger partial charge in [0.05, 0.1) is 12.6 Å². The average Bonchev–Trinajstić information content (AvgIpc) is 3.40. The van der Waals surface area contributed by atoms with Gasteiger partial charge in [0, 0.05) is 15.0 Å². The molecule has 0 bridgehead atoms. The zero-order valence-corrected chi connectivity index (χ0v) is 17.9. The Labute approximate surface area is 165 Å². The van der Waals surface area contributed by atoms with Crippen molar-refractivity contribution in [1.82, 2.24) is 4.90 Å². The summed E-state index contributed by atoms with van der Waals surface area (Å²) in [5, 5.41) is 0. The van der Waals surface area contributed by atoms with Crippen molar-refractivity contribution in [2.24, 2.45) is 5.92 Å². The lowest BCUT2D eigenvalue weighted by Gasteiger charge is -2.35. The van der Waals surface area contributed by atoms with Gasteiger partial charge in [0.1, 0.15) is 6.23 Å². The minimum Gasteiger partial charge on any atom is -0.358 e. The van der Waals surface area contributed by atoms with Crippen LogP contribution in [-0.4, -0.2) is 41.0 Å². The Morgan fingerprint density at radius 3 is 2.36 bits per heavy atom. The number of halogens is 2. The smallest absolute Gasteiger partial charge is 0.333 e. The molecular weight excluding hydrogens is 452 g/mol. The van der Waals surface area contributed by atoms with Crippen LogP contribution >= 0.6 is 31.9 Å². The summed E-state index contributed by atoms with van der Waals surface area (Å²) in [7, 11) is 0. The summed E-state index contributed by atoms with van der Waals surface area (Å²) in [5.74, 6) is 0.591. The molecule has 5 nitrogen and oxygen atoms in total. The lowest BCUT2D eigenvalue weighted by Crippen LogP contribution is -2.52. The van der Waals surface area contributed by atoms with E-state index in [1.54, 1.807) is 0 Å². The van der Waals surface area contributed by atoms with Crippen LogP contribution in [0.3, 0.4) is 0 Å². The molecule has 1 fully saturated rings. The molecule has 25 heavy (non-hydrogen) atoms. The van der Waals surface area contributed by atoms with Gasteiger partial charge in [-0.15, -0.1) is 0 Å². The molecular formula is C18H24Br2N2O3. The van der Waals surface area contributed by atoms with E-state index in [1.165, 1.54) is 22.6 Å². The molecule has 2 rings (SSSR count). The minimum absolute atomic E-state index is 0.0175. The highest BCUT2D eigenvalue weighted by atomic mass is 79.9. The standard InChI is InChI=1S/C18H24Br2N2O3/c1-12(19)13(2)21(11-23)18(24)22(14(3)25-10-15-4-5-15)17-8-6-16(20)7-9-17/h6-9,11-15H,4-5,10H2,1-3H3/t12-,13?,14?/m1/s1. The second-order valence-corrected chi connectivity index (χ2v) is 8.80. The van der Waals surface area contributed by atoms with Crippen molar-refractivity contribution in [2.75, 3.05) is 11.5 Å². The van der Waals surface area contributed by atoms with Crippen LogP contribution in [-0.2, 0) is 9.53 Å². The normalized spacial score (nSPS) is 17.5. The number of benzene rings is 1. The minimum atomic E-state index is -0.463. The van der Waals surface area contributed by atoms with Crippen LogP contribution < -0.4 is 4.90 Å². The van der Waals surface area contributed by atoms with E-state index in [0.29, 0.717) is 24.6 Å². The molecule has 1 aromatic carbocycles. The van der Waals surface area contributed by atoms with Crippen LogP contribution in [0.4, 0.5) is 10.5 Å². The summed E-state index contributed by atoms with van der Waals surface area (Å²) < 4.78 is 6.83. The first-order valence-electron chi connectivity index (χ1n) is 8.43. The molecule has 0 N–H and O–H groups in total. The van der Waals surface area contributed by atoms with E-state index >= 15 is 0 Å². The molecule has 0 radical (unpaired) electrons. The first kappa shape index (κ1) is 20.4. The Hall–Kier alpha value is -0.920. The fourth-order valence-electron chi connectivity index (χ4n) is 2.37.